The summed E-state index contributed by atoms with van der Waals surface area (Å²) in [5.41, 5.74) is -1.17. The van der Waals surface area contributed by atoms with Gasteiger partial charge < -0.3 is 14.7 Å². The van der Waals surface area contributed by atoms with E-state index in [1.165, 1.54) is 32.0 Å². The SMILES string of the molecule is CC(=O)N1CCN(C(=O)CCN(C(C)=O)c2ccccc2C(F)(F)F)CC1. The zero-order chi connectivity index (χ0) is 20.2. The number of benzene rings is 1. The van der Waals surface area contributed by atoms with Crippen LogP contribution in [0.25, 0.3) is 0 Å². The zero-order valence-electron chi connectivity index (χ0n) is 15.3. The first kappa shape index (κ1) is 20.7. The van der Waals surface area contributed by atoms with Crippen molar-refractivity contribution in [3.63, 3.8) is 0 Å². The normalized spacial score (nSPS) is 14.9. The fourth-order valence-corrected chi connectivity index (χ4v) is 3.03. The van der Waals surface area contributed by atoms with Crippen LogP contribution in [0.2, 0.25) is 0 Å². The first-order chi connectivity index (χ1) is 12.6. The summed E-state index contributed by atoms with van der Waals surface area (Å²) in [6.45, 7) is 4.08. The molecule has 1 aliphatic rings. The lowest BCUT2D eigenvalue weighted by Crippen LogP contribution is -2.50. The van der Waals surface area contributed by atoms with E-state index in [4.69, 9.17) is 0 Å². The minimum Gasteiger partial charge on any atom is -0.339 e. The third-order valence-corrected chi connectivity index (χ3v) is 4.51. The quantitative estimate of drug-likeness (QED) is 0.798. The van der Waals surface area contributed by atoms with Crippen LogP contribution in [0.3, 0.4) is 0 Å². The molecule has 1 heterocycles. The number of nitrogens with zero attached hydrogens (tertiary/aromatic N) is 3. The summed E-state index contributed by atoms with van der Waals surface area (Å²) in [4.78, 5) is 39.8. The maximum Gasteiger partial charge on any atom is 0.418 e. The highest BCUT2D eigenvalue weighted by atomic mass is 19.4. The molecular weight excluding hydrogens is 363 g/mol. The second-order valence-corrected chi connectivity index (χ2v) is 6.32. The fraction of sp³-hybridized carbons (Fsp3) is 0.500. The number of para-hydroxylation sites is 1. The van der Waals surface area contributed by atoms with Crippen molar-refractivity contribution in [2.24, 2.45) is 0 Å². The van der Waals surface area contributed by atoms with E-state index < -0.39 is 17.6 Å². The number of anilines is 1. The number of carbonyl (C=O) groups is 3. The number of rotatable bonds is 4. The van der Waals surface area contributed by atoms with Crippen molar-refractivity contribution < 1.29 is 27.6 Å². The lowest BCUT2D eigenvalue weighted by molar-refractivity contribution is -0.138. The van der Waals surface area contributed by atoms with E-state index in [9.17, 15) is 27.6 Å². The van der Waals surface area contributed by atoms with Gasteiger partial charge in [0.05, 0.1) is 11.3 Å². The number of hydrogen-bond donors (Lipinski definition) is 0. The van der Waals surface area contributed by atoms with E-state index >= 15 is 0 Å². The molecule has 1 fully saturated rings. The van der Waals surface area contributed by atoms with Crippen molar-refractivity contribution in [3.8, 4) is 0 Å². The molecule has 0 spiro atoms. The molecule has 1 saturated heterocycles. The third-order valence-electron chi connectivity index (χ3n) is 4.51. The molecule has 2 rings (SSSR count). The first-order valence-corrected chi connectivity index (χ1v) is 8.59. The molecule has 0 aromatic heterocycles. The van der Waals surface area contributed by atoms with Gasteiger partial charge in [-0.25, -0.2) is 0 Å². The van der Waals surface area contributed by atoms with E-state index in [2.05, 4.69) is 0 Å². The molecule has 1 aliphatic heterocycles. The molecule has 148 valence electrons. The average Bonchev–Trinajstić information content (AvgIpc) is 2.61. The van der Waals surface area contributed by atoms with Crippen LogP contribution in [0.15, 0.2) is 24.3 Å². The van der Waals surface area contributed by atoms with Crippen molar-refractivity contribution in [2.75, 3.05) is 37.6 Å². The highest BCUT2D eigenvalue weighted by Gasteiger charge is 2.35. The Morgan fingerprint density at radius 3 is 2.07 bits per heavy atom. The summed E-state index contributed by atoms with van der Waals surface area (Å²) in [5.74, 6) is -0.886. The van der Waals surface area contributed by atoms with Gasteiger partial charge in [0.15, 0.2) is 0 Å². The highest BCUT2D eigenvalue weighted by Crippen LogP contribution is 2.36. The van der Waals surface area contributed by atoms with Crippen LogP contribution in [-0.4, -0.2) is 60.2 Å². The van der Waals surface area contributed by atoms with Gasteiger partial charge in [-0.05, 0) is 12.1 Å². The maximum atomic E-state index is 13.2. The Bertz CT molecular complexity index is 713. The Morgan fingerprint density at radius 1 is 1.00 bits per heavy atom. The number of carbonyl (C=O) groups excluding carboxylic acids is 3. The Labute approximate surface area is 155 Å². The van der Waals surface area contributed by atoms with Crippen molar-refractivity contribution >= 4 is 23.4 Å². The van der Waals surface area contributed by atoms with Gasteiger partial charge in [-0.15, -0.1) is 0 Å². The second-order valence-electron chi connectivity index (χ2n) is 6.32. The third kappa shape index (κ3) is 5.21. The van der Waals surface area contributed by atoms with Crippen molar-refractivity contribution in [3.05, 3.63) is 29.8 Å². The van der Waals surface area contributed by atoms with Crippen LogP contribution in [0.5, 0.6) is 0 Å². The highest BCUT2D eigenvalue weighted by molar-refractivity contribution is 5.93. The molecule has 0 atom stereocenters. The van der Waals surface area contributed by atoms with Crippen LogP contribution in [-0.2, 0) is 20.6 Å². The van der Waals surface area contributed by atoms with E-state index in [1.807, 2.05) is 0 Å². The first-order valence-electron chi connectivity index (χ1n) is 8.59. The summed E-state index contributed by atoms with van der Waals surface area (Å²) < 4.78 is 39.7. The Kier molecular flexibility index (Phi) is 6.45. The number of amides is 3. The topological polar surface area (TPSA) is 60.9 Å². The summed E-state index contributed by atoms with van der Waals surface area (Å²) in [5, 5.41) is 0. The molecule has 0 saturated carbocycles. The number of piperazine rings is 1. The van der Waals surface area contributed by atoms with Gasteiger partial charge in [0.1, 0.15) is 0 Å². The van der Waals surface area contributed by atoms with Gasteiger partial charge in [-0.3, -0.25) is 14.4 Å². The van der Waals surface area contributed by atoms with Crippen LogP contribution >= 0.6 is 0 Å². The largest absolute Gasteiger partial charge is 0.418 e. The minimum atomic E-state index is -4.60. The second kappa shape index (κ2) is 8.41. The lowest BCUT2D eigenvalue weighted by Gasteiger charge is -2.34. The molecule has 27 heavy (non-hydrogen) atoms. The maximum absolute atomic E-state index is 13.2. The molecule has 9 heteroatoms. The molecule has 0 unspecified atom stereocenters. The number of halogens is 3. The average molecular weight is 385 g/mol. The lowest BCUT2D eigenvalue weighted by atomic mass is 10.1. The Hall–Kier alpha value is -2.58. The van der Waals surface area contributed by atoms with E-state index in [0.29, 0.717) is 26.2 Å². The predicted octanol–water partition coefficient (Wildman–Crippen LogP) is 2.14. The standard InChI is InChI=1S/C18H22F3N3O3/c1-13(25)22-9-11-23(12-10-22)17(27)7-8-24(14(2)26)16-6-4-3-5-15(16)18(19,20)21/h3-6H,7-12H2,1-2H3. The summed E-state index contributed by atoms with van der Waals surface area (Å²) >= 11 is 0. The van der Waals surface area contributed by atoms with E-state index in [-0.39, 0.29) is 30.5 Å². The minimum absolute atomic E-state index is 0.0615. The summed E-state index contributed by atoms with van der Waals surface area (Å²) in [7, 11) is 0. The number of alkyl halides is 3. The van der Waals surface area contributed by atoms with Gasteiger partial charge >= 0.3 is 6.18 Å². The molecule has 0 radical (unpaired) electrons. The van der Waals surface area contributed by atoms with Gasteiger partial charge in [-0.2, -0.15) is 13.2 Å². The molecule has 6 nitrogen and oxygen atoms in total. The molecular formula is C18H22F3N3O3. The van der Waals surface area contributed by atoms with Gasteiger partial charge in [0.2, 0.25) is 17.7 Å². The van der Waals surface area contributed by atoms with Gasteiger partial charge in [0, 0.05) is 53.0 Å². The molecule has 1 aromatic rings. The van der Waals surface area contributed by atoms with Crippen LogP contribution < -0.4 is 4.90 Å². The summed E-state index contributed by atoms with van der Waals surface area (Å²) in [6, 6.07) is 4.81. The molecule has 3 amide bonds. The monoisotopic (exact) mass is 385 g/mol. The summed E-state index contributed by atoms with van der Waals surface area (Å²) in [6.07, 6.45) is -4.69. The molecule has 0 N–H and O–H groups in total. The van der Waals surface area contributed by atoms with Crippen LogP contribution in [0.4, 0.5) is 18.9 Å². The smallest absolute Gasteiger partial charge is 0.339 e. The zero-order valence-corrected chi connectivity index (χ0v) is 15.3. The Balaban J connectivity index is 2.05. The number of hydrogen-bond acceptors (Lipinski definition) is 3. The Morgan fingerprint density at radius 2 is 1.56 bits per heavy atom. The predicted molar refractivity (Wildman–Crippen MR) is 92.9 cm³/mol. The van der Waals surface area contributed by atoms with Crippen LogP contribution in [0, 0.1) is 0 Å². The molecule has 0 bridgehead atoms. The fourth-order valence-electron chi connectivity index (χ4n) is 3.03. The molecule has 1 aromatic carbocycles. The van der Waals surface area contributed by atoms with Crippen LogP contribution in [0.1, 0.15) is 25.8 Å². The van der Waals surface area contributed by atoms with E-state index in [0.717, 1.165) is 11.0 Å². The van der Waals surface area contributed by atoms with Gasteiger partial charge in [-0.1, -0.05) is 12.1 Å². The van der Waals surface area contributed by atoms with Crippen molar-refractivity contribution in [1.29, 1.82) is 0 Å². The molecule has 0 aliphatic carbocycles. The van der Waals surface area contributed by atoms with Gasteiger partial charge in [0.25, 0.3) is 0 Å². The van der Waals surface area contributed by atoms with E-state index in [1.54, 1.807) is 9.80 Å². The van der Waals surface area contributed by atoms with Crippen molar-refractivity contribution in [1.82, 2.24) is 9.80 Å². The van der Waals surface area contributed by atoms with Crippen molar-refractivity contribution in [2.45, 2.75) is 26.4 Å².